The smallest absolute Gasteiger partial charge is 0.337 e. The van der Waals surface area contributed by atoms with E-state index in [1.54, 1.807) is 24.3 Å². The number of carbonyl (C=O) groups is 1. The molecule has 0 aliphatic rings. The molecule has 2 N–H and O–H groups in total. The van der Waals surface area contributed by atoms with Gasteiger partial charge in [0.25, 0.3) is 0 Å². The van der Waals surface area contributed by atoms with Gasteiger partial charge in [-0.3, -0.25) is 0 Å². The van der Waals surface area contributed by atoms with Gasteiger partial charge in [-0.2, -0.15) is 0 Å². The van der Waals surface area contributed by atoms with Gasteiger partial charge in [0.15, 0.2) is 0 Å². The van der Waals surface area contributed by atoms with Crippen molar-refractivity contribution in [3.63, 3.8) is 0 Å². The molecule has 122 valence electrons. The van der Waals surface area contributed by atoms with Crippen molar-refractivity contribution in [3.05, 3.63) is 59.7 Å². The predicted molar refractivity (Wildman–Crippen MR) is 92.5 cm³/mol. The van der Waals surface area contributed by atoms with Gasteiger partial charge in [-0.25, -0.2) is 4.79 Å². The third kappa shape index (κ3) is 4.74. The molecule has 0 atom stereocenters. The number of carboxylic acid groups (broad SMARTS) is 1. The molecular weight excluding hydrogens is 290 g/mol. The van der Waals surface area contributed by atoms with Crippen LogP contribution in [0.25, 0.3) is 0 Å². The van der Waals surface area contributed by atoms with E-state index in [1.165, 1.54) is 5.56 Å². The number of ether oxygens (including phenoxy) is 1. The Balaban J connectivity index is 1.85. The number of carboxylic acids is 1. The molecule has 0 saturated heterocycles. The third-order valence-electron chi connectivity index (χ3n) is 3.56. The highest BCUT2D eigenvalue weighted by Crippen LogP contribution is 2.24. The summed E-state index contributed by atoms with van der Waals surface area (Å²) in [5.41, 5.74) is 2.26. The van der Waals surface area contributed by atoms with Crippen molar-refractivity contribution in [1.82, 2.24) is 0 Å². The summed E-state index contributed by atoms with van der Waals surface area (Å²) in [4.78, 5) is 11.1. The van der Waals surface area contributed by atoms with Crippen molar-refractivity contribution in [2.75, 3.05) is 18.5 Å². The Morgan fingerprint density at radius 2 is 1.74 bits per heavy atom. The van der Waals surface area contributed by atoms with E-state index >= 15 is 0 Å². The van der Waals surface area contributed by atoms with E-state index < -0.39 is 5.97 Å². The van der Waals surface area contributed by atoms with Gasteiger partial charge >= 0.3 is 5.97 Å². The first-order valence-corrected chi connectivity index (χ1v) is 7.67. The number of nitrogens with one attached hydrogen (secondary N) is 1. The fraction of sp³-hybridized carbons (Fsp3) is 0.316. The second kappa shape index (κ2) is 7.18. The van der Waals surface area contributed by atoms with Crippen LogP contribution in [0.4, 0.5) is 5.69 Å². The zero-order valence-electron chi connectivity index (χ0n) is 13.8. The summed E-state index contributed by atoms with van der Waals surface area (Å²) >= 11 is 0. The predicted octanol–water partition coefficient (Wildman–Crippen LogP) is 4.17. The summed E-state index contributed by atoms with van der Waals surface area (Å²) in [7, 11) is 0. The van der Waals surface area contributed by atoms with E-state index in [0.717, 1.165) is 5.75 Å². The van der Waals surface area contributed by atoms with E-state index in [1.807, 2.05) is 12.1 Å². The molecule has 0 heterocycles. The van der Waals surface area contributed by atoms with Crippen LogP contribution in [0.3, 0.4) is 0 Å². The Morgan fingerprint density at radius 1 is 1.09 bits per heavy atom. The van der Waals surface area contributed by atoms with Crippen molar-refractivity contribution in [1.29, 1.82) is 0 Å². The maximum Gasteiger partial charge on any atom is 0.337 e. The molecule has 0 amide bonds. The highest BCUT2D eigenvalue weighted by molar-refractivity contribution is 5.94. The standard InChI is InChI=1S/C19H23NO3/c1-19(2,3)14-8-10-15(11-9-14)23-13-12-20-17-7-5-4-6-16(17)18(21)22/h4-11,20H,12-13H2,1-3H3,(H,21,22). The Bertz CT molecular complexity index is 657. The molecule has 4 heteroatoms. The second-order valence-corrected chi connectivity index (χ2v) is 6.40. The lowest BCUT2D eigenvalue weighted by Gasteiger charge is -2.19. The Hall–Kier alpha value is -2.49. The molecular formula is C19H23NO3. The molecule has 4 nitrogen and oxygen atoms in total. The average Bonchev–Trinajstić information content (AvgIpc) is 2.51. The number of aromatic carboxylic acids is 1. The van der Waals surface area contributed by atoms with Crippen LogP contribution in [0, 0.1) is 0 Å². The Kier molecular flexibility index (Phi) is 5.27. The lowest BCUT2D eigenvalue weighted by Crippen LogP contribution is -2.14. The molecule has 2 aromatic rings. The van der Waals surface area contributed by atoms with Gasteiger partial charge in [-0.05, 0) is 35.2 Å². The van der Waals surface area contributed by atoms with Gasteiger partial charge in [0, 0.05) is 12.2 Å². The van der Waals surface area contributed by atoms with Gasteiger partial charge in [-0.1, -0.05) is 45.0 Å². The van der Waals surface area contributed by atoms with Crippen LogP contribution in [0.1, 0.15) is 36.7 Å². The number of benzene rings is 2. The van der Waals surface area contributed by atoms with Crippen molar-refractivity contribution in [3.8, 4) is 5.75 Å². The second-order valence-electron chi connectivity index (χ2n) is 6.40. The molecule has 2 rings (SSSR count). The molecule has 0 bridgehead atoms. The molecule has 0 aromatic heterocycles. The number of rotatable bonds is 6. The van der Waals surface area contributed by atoms with Crippen LogP contribution < -0.4 is 10.1 Å². The van der Waals surface area contributed by atoms with Gasteiger partial charge in [0.05, 0.1) is 5.56 Å². The summed E-state index contributed by atoms with van der Waals surface area (Å²) in [6.45, 7) is 7.51. The number of para-hydroxylation sites is 1. The van der Waals surface area contributed by atoms with Gasteiger partial charge < -0.3 is 15.2 Å². The first kappa shape index (κ1) is 16.9. The molecule has 0 aliphatic heterocycles. The fourth-order valence-electron chi connectivity index (χ4n) is 2.23. The van der Waals surface area contributed by atoms with Crippen molar-refractivity contribution in [2.24, 2.45) is 0 Å². The average molecular weight is 313 g/mol. The van der Waals surface area contributed by atoms with E-state index in [-0.39, 0.29) is 11.0 Å². The summed E-state index contributed by atoms with van der Waals surface area (Å²) in [6.07, 6.45) is 0. The molecule has 0 spiro atoms. The normalized spacial score (nSPS) is 11.1. The van der Waals surface area contributed by atoms with Crippen molar-refractivity contribution >= 4 is 11.7 Å². The first-order chi connectivity index (χ1) is 10.9. The van der Waals surface area contributed by atoms with Crippen LogP contribution in [-0.4, -0.2) is 24.2 Å². The lowest BCUT2D eigenvalue weighted by atomic mass is 9.87. The van der Waals surface area contributed by atoms with E-state index in [2.05, 4.69) is 38.2 Å². The number of anilines is 1. The maximum atomic E-state index is 11.1. The molecule has 0 saturated carbocycles. The summed E-state index contributed by atoms with van der Waals surface area (Å²) < 4.78 is 5.69. The minimum Gasteiger partial charge on any atom is -0.492 e. The lowest BCUT2D eigenvalue weighted by molar-refractivity contribution is 0.0698. The molecule has 23 heavy (non-hydrogen) atoms. The monoisotopic (exact) mass is 313 g/mol. The Morgan fingerprint density at radius 3 is 2.35 bits per heavy atom. The van der Waals surface area contributed by atoms with Crippen molar-refractivity contribution in [2.45, 2.75) is 26.2 Å². The zero-order valence-corrected chi connectivity index (χ0v) is 13.8. The molecule has 0 fully saturated rings. The summed E-state index contributed by atoms with van der Waals surface area (Å²) in [6, 6.07) is 14.9. The Labute approximate surface area is 137 Å². The minimum absolute atomic E-state index is 0.126. The zero-order chi connectivity index (χ0) is 16.9. The summed E-state index contributed by atoms with van der Waals surface area (Å²) in [5.74, 6) is -0.127. The largest absolute Gasteiger partial charge is 0.492 e. The van der Waals surface area contributed by atoms with Crippen LogP contribution in [-0.2, 0) is 5.41 Å². The van der Waals surface area contributed by atoms with Gasteiger partial charge in [-0.15, -0.1) is 0 Å². The number of hydrogen-bond donors (Lipinski definition) is 2. The molecule has 2 aromatic carbocycles. The van der Waals surface area contributed by atoms with E-state index in [9.17, 15) is 4.79 Å². The highest BCUT2D eigenvalue weighted by Gasteiger charge is 2.13. The summed E-state index contributed by atoms with van der Waals surface area (Å²) in [5, 5.41) is 12.2. The van der Waals surface area contributed by atoms with Crippen LogP contribution in [0.15, 0.2) is 48.5 Å². The van der Waals surface area contributed by atoms with Crippen LogP contribution in [0.2, 0.25) is 0 Å². The molecule has 0 aliphatic carbocycles. The van der Waals surface area contributed by atoms with E-state index in [0.29, 0.717) is 18.8 Å². The topological polar surface area (TPSA) is 58.6 Å². The SMILES string of the molecule is CC(C)(C)c1ccc(OCCNc2ccccc2C(=O)O)cc1. The van der Waals surface area contributed by atoms with E-state index in [4.69, 9.17) is 9.84 Å². The third-order valence-corrected chi connectivity index (χ3v) is 3.56. The van der Waals surface area contributed by atoms with Crippen LogP contribution >= 0.6 is 0 Å². The molecule has 0 unspecified atom stereocenters. The van der Waals surface area contributed by atoms with Crippen LogP contribution in [0.5, 0.6) is 5.75 Å². The fourth-order valence-corrected chi connectivity index (χ4v) is 2.23. The van der Waals surface area contributed by atoms with Crippen molar-refractivity contribution < 1.29 is 14.6 Å². The maximum absolute atomic E-state index is 11.1. The van der Waals surface area contributed by atoms with Gasteiger partial charge in [0.1, 0.15) is 12.4 Å². The van der Waals surface area contributed by atoms with Gasteiger partial charge in [0.2, 0.25) is 0 Å². The quantitative estimate of drug-likeness (QED) is 0.786. The first-order valence-electron chi connectivity index (χ1n) is 7.67. The molecule has 0 radical (unpaired) electrons. The highest BCUT2D eigenvalue weighted by atomic mass is 16.5. The number of hydrogen-bond acceptors (Lipinski definition) is 3. The minimum atomic E-state index is -0.938.